The second-order valence-corrected chi connectivity index (χ2v) is 12.8. The van der Waals surface area contributed by atoms with Crippen LogP contribution in [0.4, 0.5) is 0 Å². The van der Waals surface area contributed by atoms with Crippen molar-refractivity contribution in [3.8, 4) is 34.5 Å². The summed E-state index contributed by atoms with van der Waals surface area (Å²) in [4.78, 5) is 58.1. The first kappa shape index (κ1) is 36.3. The van der Waals surface area contributed by atoms with Crippen LogP contribution in [0, 0.1) is 5.92 Å². The molecule has 2 amide bonds. The van der Waals surface area contributed by atoms with E-state index in [4.69, 9.17) is 44.5 Å². The van der Waals surface area contributed by atoms with Crippen LogP contribution >= 0.6 is 11.6 Å². The Morgan fingerprint density at radius 1 is 1.04 bits per heavy atom. The first-order valence-corrected chi connectivity index (χ1v) is 16.6. The molecule has 3 aliphatic rings. The first-order valence-electron chi connectivity index (χ1n) is 16.3. The molecule has 1 aromatic heterocycles. The maximum atomic E-state index is 14.4. The summed E-state index contributed by atoms with van der Waals surface area (Å²) in [5, 5.41) is 21.6. The van der Waals surface area contributed by atoms with Gasteiger partial charge in [0, 0.05) is 42.7 Å². The van der Waals surface area contributed by atoms with Crippen molar-refractivity contribution in [1.82, 2.24) is 20.8 Å². The normalized spacial score (nSPS) is 21.4. The van der Waals surface area contributed by atoms with E-state index in [2.05, 4.69) is 20.8 Å². The van der Waals surface area contributed by atoms with Crippen molar-refractivity contribution in [2.75, 3.05) is 35.5 Å². The summed E-state index contributed by atoms with van der Waals surface area (Å²) in [5.74, 6) is -3.39. The van der Waals surface area contributed by atoms with Gasteiger partial charge in [-0.2, -0.15) is 4.98 Å². The minimum absolute atomic E-state index is 0.0255. The molecule has 0 saturated carbocycles. The summed E-state index contributed by atoms with van der Waals surface area (Å²) in [7, 11) is 6.99. The Morgan fingerprint density at radius 3 is 2.31 bits per heavy atom. The number of carbonyl (C=O) groups excluding carboxylic acids is 4. The van der Waals surface area contributed by atoms with Crippen molar-refractivity contribution in [2.45, 2.75) is 56.7 Å². The highest BCUT2D eigenvalue weighted by Crippen LogP contribution is 2.56. The standard InChI is InChI=1S/C35H37ClN4O12/c1-15-9-19(41)27(32(44)35(15)33(45)28-20(46-2)13-21(47-3)29(36)31(28)51-35)17(16-10-22(48-4)30(50-6)23(11-16)49-5)12-26(43)37-14-24-39-34(52-40-24)18-7-8-25(42)38-18/h10-11,13,15,17-18,44H,7-9,12,14H2,1-6H3,(H,37,43)(H,38,42)/t15-,17?,18?,35+/m1/s1. The molecule has 4 atom stereocenters. The zero-order valence-corrected chi connectivity index (χ0v) is 30.0. The van der Waals surface area contributed by atoms with Crippen molar-refractivity contribution in [3.63, 3.8) is 0 Å². The number of rotatable bonds is 12. The molecule has 17 heteroatoms. The van der Waals surface area contributed by atoms with Crippen molar-refractivity contribution < 1.29 is 57.2 Å². The number of aliphatic hydroxyl groups excluding tert-OH is 1. The number of benzene rings is 2. The average Bonchev–Trinajstić information content (AvgIpc) is 3.87. The molecule has 3 N–H and O–H groups in total. The van der Waals surface area contributed by atoms with Gasteiger partial charge in [-0.15, -0.1) is 0 Å². The summed E-state index contributed by atoms with van der Waals surface area (Å²) in [6, 6.07) is 4.12. The lowest BCUT2D eigenvalue weighted by atomic mass is 9.69. The number of nitrogens with zero attached hydrogens (tertiary/aromatic N) is 2. The molecule has 2 aliphatic heterocycles. The number of amides is 2. The van der Waals surface area contributed by atoms with Gasteiger partial charge in [-0.3, -0.25) is 19.2 Å². The van der Waals surface area contributed by atoms with Crippen LogP contribution in [0.15, 0.2) is 34.1 Å². The third-order valence-corrected chi connectivity index (χ3v) is 9.92. The molecule has 1 saturated heterocycles. The Hall–Kier alpha value is -5.51. The molecule has 0 bridgehead atoms. The number of hydrogen-bond acceptors (Lipinski definition) is 14. The van der Waals surface area contributed by atoms with Crippen LogP contribution in [-0.4, -0.2) is 79.8 Å². The summed E-state index contributed by atoms with van der Waals surface area (Å²) >= 11 is 6.61. The quantitative estimate of drug-likeness (QED) is 0.241. The maximum Gasteiger partial charge on any atom is 0.249 e. The molecule has 1 aliphatic carbocycles. The highest BCUT2D eigenvalue weighted by atomic mass is 35.5. The lowest BCUT2D eigenvalue weighted by Crippen LogP contribution is -2.53. The predicted octanol–water partition coefficient (Wildman–Crippen LogP) is 3.94. The summed E-state index contributed by atoms with van der Waals surface area (Å²) in [6.45, 7) is 1.45. The number of fused-ring (bicyclic) bond motifs is 1. The first-order chi connectivity index (χ1) is 24.9. The molecule has 16 nitrogen and oxygen atoms in total. The third kappa shape index (κ3) is 5.99. The molecular formula is C35H37ClN4O12. The van der Waals surface area contributed by atoms with Gasteiger partial charge in [0.25, 0.3) is 0 Å². The zero-order valence-electron chi connectivity index (χ0n) is 29.2. The number of Topliss-reactive ketones (excluding diaryl/α,β-unsaturated/α-hetero) is 2. The number of aromatic nitrogens is 2. The Kier molecular flexibility index (Phi) is 9.94. The topological polar surface area (TPSA) is 207 Å². The SMILES string of the molecule is COc1cc(OC)c2c(c1Cl)O[C@]1(C2=O)C(O)=C(C(CC(=O)NCc2noc(C3CCC(=O)N3)n2)c2cc(OC)c(OC)c(OC)c2)C(=O)C[C@H]1C. The van der Waals surface area contributed by atoms with Gasteiger partial charge in [0.15, 0.2) is 34.6 Å². The molecule has 2 unspecified atom stereocenters. The number of hydrogen-bond donors (Lipinski definition) is 3. The number of allylic oxidation sites excluding steroid dienone is 1. The van der Waals surface area contributed by atoms with Gasteiger partial charge in [-0.05, 0) is 24.1 Å². The molecular weight excluding hydrogens is 704 g/mol. The summed E-state index contributed by atoms with van der Waals surface area (Å²) in [5.41, 5.74) is -2.03. The zero-order chi connectivity index (χ0) is 37.5. The van der Waals surface area contributed by atoms with E-state index in [1.165, 1.54) is 41.6 Å². The van der Waals surface area contributed by atoms with Crippen LogP contribution in [-0.2, 0) is 20.9 Å². The van der Waals surface area contributed by atoms with E-state index in [1.54, 1.807) is 19.1 Å². The number of halogens is 1. The van der Waals surface area contributed by atoms with E-state index in [0.717, 1.165) is 0 Å². The van der Waals surface area contributed by atoms with Gasteiger partial charge in [0.05, 0.1) is 42.1 Å². The van der Waals surface area contributed by atoms with Crippen molar-refractivity contribution in [3.05, 3.63) is 57.4 Å². The number of nitrogens with one attached hydrogen (secondary N) is 2. The van der Waals surface area contributed by atoms with E-state index in [-0.39, 0.29) is 81.2 Å². The van der Waals surface area contributed by atoms with Crippen molar-refractivity contribution >= 4 is 35.0 Å². The van der Waals surface area contributed by atoms with E-state index in [1.807, 2.05) is 0 Å². The monoisotopic (exact) mass is 740 g/mol. The molecule has 0 radical (unpaired) electrons. The van der Waals surface area contributed by atoms with Crippen LogP contribution in [0.3, 0.4) is 0 Å². The van der Waals surface area contributed by atoms with E-state index in [9.17, 15) is 24.3 Å². The highest BCUT2D eigenvalue weighted by Gasteiger charge is 2.61. The fourth-order valence-corrected chi connectivity index (χ4v) is 7.21. The summed E-state index contributed by atoms with van der Waals surface area (Å²) < 4.78 is 39.1. The molecule has 52 heavy (non-hydrogen) atoms. The van der Waals surface area contributed by atoms with Crippen LogP contribution in [0.2, 0.25) is 5.02 Å². The second kappa shape index (κ2) is 14.3. The number of aliphatic hydroxyl groups is 1. The fraction of sp³-hybridized carbons (Fsp3) is 0.429. The second-order valence-electron chi connectivity index (χ2n) is 12.5. The van der Waals surface area contributed by atoms with Gasteiger partial charge in [0.2, 0.25) is 34.8 Å². The largest absolute Gasteiger partial charge is 0.507 e. The van der Waals surface area contributed by atoms with E-state index >= 15 is 0 Å². The van der Waals surface area contributed by atoms with E-state index in [0.29, 0.717) is 18.4 Å². The van der Waals surface area contributed by atoms with Crippen molar-refractivity contribution in [2.24, 2.45) is 5.92 Å². The van der Waals surface area contributed by atoms with Gasteiger partial charge < -0.3 is 48.7 Å². The minimum Gasteiger partial charge on any atom is -0.507 e. The summed E-state index contributed by atoms with van der Waals surface area (Å²) in [6.07, 6.45) is 0.193. The Balaban J connectivity index is 1.42. The minimum atomic E-state index is -2.10. The smallest absolute Gasteiger partial charge is 0.249 e. The Bertz CT molecular complexity index is 1970. The maximum absolute atomic E-state index is 14.4. The van der Waals surface area contributed by atoms with Crippen LogP contribution in [0.25, 0.3) is 0 Å². The van der Waals surface area contributed by atoms with E-state index < -0.39 is 53.1 Å². The molecule has 3 heterocycles. The Labute approximate surface area is 302 Å². The molecule has 1 fully saturated rings. The van der Waals surface area contributed by atoms with Gasteiger partial charge in [-0.1, -0.05) is 23.7 Å². The molecule has 3 aromatic rings. The lowest BCUT2D eigenvalue weighted by molar-refractivity contribution is -0.122. The number of methoxy groups -OCH3 is 5. The average molecular weight is 741 g/mol. The highest BCUT2D eigenvalue weighted by molar-refractivity contribution is 6.35. The Morgan fingerprint density at radius 2 is 1.71 bits per heavy atom. The molecule has 276 valence electrons. The predicted molar refractivity (Wildman–Crippen MR) is 180 cm³/mol. The number of carbonyl (C=O) groups is 4. The fourth-order valence-electron chi connectivity index (χ4n) is 6.94. The van der Waals surface area contributed by atoms with Crippen LogP contribution in [0.5, 0.6) is 34.5 Å². The lowest BCUT2D eigenvalue weighted by Gasteiger charge is -2.38. The number of ether oxygens (including phenoxy) is 6. The van der Waals surface area contributed by atoms with Gasteiger partial charge in [0.1, 0.15) is 28.1 Å². The van der Waals surface area contributed by atoms with Gasteiger partial charge >= 0.3 is 0 Å². The molecule has 6 rings (SSSR count). The molecule has 2 aromatic carbocycles. The van der Waals surface area contributed by atoms with Crippen molar-refractivity contribution in [1.29, 1.82) is 0 Å². The van der Waals surface area contributed by atoms with Crippen LogP contribution < -0.4 is 39.1 Å². The van der Waals surface area contributed by atoms with Crippen LogP contribution in [0.1, 0.15) is 72.2 Å². The number of ketones is 2. The molecule has 1 spiro atoms. The third-order valence-electron chi connectivity index (χ3n) is 9.56. The van der Waals surface area contributed by atoms with Gasteiger partial charge in [-0.25, -0.2) is 0 Å².